The van der Waals surface area contributed by atoms with Gasteiger partial charge >= 0.3 is 5.97 Å². The van der Waals surface area contributed by atoms with Gasteiger partial charge in [0.1, 0.15) is 5.54 Å². The van der Waals surface area contributed by atoms with E-state index in [1.54, 1.807) is 13.8 Å². The fourth-order valence-electron chi connectivity index (χ4n) is 1.21. The molecule has 1 aromatic rings. The van der Waals surface area contributed by atoms with Crippen molar-refractivity contribution in [2.45, 2.75) is 19.4 Å². The quantitative estimate of drug-likeness (QED) is 0.873. The van der Waals surface area contributed by atoms with Crippen LogP contribution in [-0.2, 0) is 15.1 Å². The van der Waals surface area contributed by atoms with Gasteiger partial charge in [0.15, 0.2) is 0 Å². The number of halogens is 2. The molecule has 1 aromatic carbocycles. The van der Waals surface area contributed by atoms with E-state index in [-0.39, 0.29) is 12.4 Å². The number of esters is 1. The van der Waals surface area contributed by atoms with Crippen LogP contribution in [0.3, 0.4) is 0 Å². The van der Waals surface area contributed by atoms with Crippen molar-refractivity contribution in [3.63, 3.8) is 0 Å². The van der Waals surface area contributed by atoms with Crippen LogP contribution in [0.5, 0.6) is 0 Å². The second-order valence-electron chi connectivity index (χ2n) is 3.43. The number of rotatable bonds is 3. The summed E-state index contributed by atoms with van der Waals surface area (Å²) in [5.74, 6) is -0.414. The van der Waals surface area contributed by atoms with E-state index in [9.17, 15) is 4.79 Å². The summed E-state index contributed by atoms with van der Waals surface area (Å²) in [4.78, 5) is 11.6. The van der Waals surface area contributed by atoms with E-state index in [2.05, 4.69) is 15.9 Å². The molecule has 0 spiro atoms. The molecule has 0 aliphatic rings. The van der Waals surface area contributed by atoms with Crippen LogP contribution in [0.1, 0.15) is 19.4 Å². The third kappa shape index (κ3) is 3.47. The third-order valence-electron chi connectivity index (χ3n) is 2.12. The minimum absolute atomic E-state index is 0. The van der Waals surface area contributed by atoms with Gasteiger partial charge < -0.3 is 10.5 Å². The molecule has 1 rings (SSSR count). The van der Waals surface area contributed by atoms with Crippen molar-refractivity contribution in [3.05, 3.63) is 34.3 Å². The SMILES string of the molecule is CCOC(=O)C(C)(N)c1cccc(Br)c1.Cl. The molecule has 3 nitrogen and oxygen atoms in total. The second kappa shape index (κ2) is 6.23. The second-order valence-corrected chi connectivity index (χ2v) is 4.35. The Balaban J connectivity index is 0.00000225. The molecule has 5 heteroatoms. The Kier molecular flexibility index (Phi) is 6.00. The fourth-order valence-corrected chi connectivity index (χ4v) is 1.61. The molecule has 0 radical (unpaired) electrons. The Morgan fingerprint density at radius 3 is 2.69 bits per heavy atom. The van der Waals surface area contributed by atoms with Crippen LogP contribution < -0.4 is 5.73 Å². The van der Waals surface area contributed by atoms with Gasteiger partial charge in [-0.2, -0.15) is 0 Å². The van der Waals surface area contributed by atoms with Crippen molar-refractivity contribution in [1.29, 1.82) is 0 Å². The molecule has 0 amide bonds. The molecular formula is C11H15BrClNO2. The molecule has 2 N–H and O–H groups in total. The Morgan fingerprint density at radius 1 is 1.56 bits per heavy atom. The van der Waals surface area contributed by atoms with Crippen LogP contribution in [0.15, 0.2) is 28.7 Å². The molecule has 0 aromatic heterocycles. The van der Waals surface area contributed by atoms with Crippen LogP contribution in [0.2, 0.25) is 0 Å². The Bertz CT molecular complexity index is 369. The fraction of sp³-hybridized carbons (Fsp3) is 0.364. The first-order valence-electron chi connectivity index (χ1n) is 4.70. The van der Waals surface area contributed by atoms with Crippen LogP contribution in [-0.4, -0.2) is 12.6 Å². The normalized spacial score (nSPS) is 13.5. The van der Waals surface area contributed by atoms with Gasteiger partial charge in [0.25, 0.3) is 0 Å². The molecular weight excluding hydrogens is 293 g/mol. The summed E-state index contributed by atoms with van der Waals surface area (Å²) in [6.07, 6.45) is 0. The van der Waals surface area contributed by atoms with Crippen LogP contribution in [0.25, 0.3) is 0 Å². The van der Waals surface area contributed by atoms with E-state index in [4.69, 9.17) is 10.5 Å². The molecule has 0 aliphatic heterocycles. The van der Waals surface area contributed by atoms with Crippen molar-refractivity contribution in [1.82, 2.24) is 0 Å². The lowest BCUT2D eigenvalue weighted by Gasteiger charge is -2.22. The van der Waals surface area contributed by atoms with E-state index >= 15 is 0 Å². The molecule has 0 aliphatic carbocycles. The van der Waals surface area contributed by atoms with Crippen molar-refractivity contribution in [2.75, 3.05) is 6.61 Å². The summed E-state index contributed by atoms with van der Waals surface area (Å²) < 4.78 is 5.81. The van der Waals surface area contributed by atoms with E-state index < -0.39 is 11.5 Å². The van der Waals surface area contributed by atoms with Crippen LogP contribution in [0.4, 0.5) is 0 Å². The van der Waals surface area contributed by atoms with Gasteiger partial charge in [-0.05, 0) is 31.5 Å². The molecule has 0 saturated heterocycles. The minimum Gasteiger partial charge on any atom is -0.464 e. The van der Waals surface area contributed by atoms with Crippen LogP contribution in [0, 0.1) is 0 Å². The van der Waals surface area contributed by atoms with Crippen molar-refractivity contribution >= 4 is 34.3 Å². The average molecular weight is 309 g/mol. The van der Waals surface area contributed by atoms with E-state index in [0.29, 0.717) is 6.61 Å². The monoisotopic (exact) mass is 307 g/mol. The molecule has 0 fully saturated rings. The minimum atomic E-state index is -1.10. The van der Waals surface area contributed by atoms with Crippen LogP contribution >= 0.6 is 28.3 Å². The number of hydrogen-bond acceptors (Lipinski definition) is 3. The Morgan fingerprint density at radius 2 is 2.19 bits per heavy atom. The number of hydrogen-bond donors (Lipinski definition) is 1. The summed E-state index contributed by atoms with van der Waals surface area (Å²) in [7, 11) is 0. The van der Waals surface area contributed by atoms with Crippen molar-refractivity contribution in [2.24, 2.45) is 5.73 Å². The Labute approximate surface area is 110 Å². The molecule has 1 atom stereocenters. The number of carbonyl (C=O) groups is 1. The first-order valence-corrected chi connectivity index (χ1v) is 5.50. The van der Waals surface area contributed by atoms with Gasteiger partial charge in [-0.25, -0.2) is 4.79 Å². The van der Waals surface area contributed by atoms with Gasteiger partial charge in [-0.3, -0.25) is 0 Å². The summed E-state index contributed by atoms with van der Waals surface area (Å²) in [6, 6.07) is 7.34. The van der Waals surface area contributed by atoms with Crippen molar-refractivity contribution < 1.29 is 9.53 Å². The summed E-state index contributed by atoms with van der Waals surface area (Å²) in [5, 5.41) is 0. The average Bonchev–Trinajstić information content (AvgIpc) is 2.18. The first-order chi connectivity index (χ1) is 6.98. The lowest BCUT2D eigenvalue weighted by atomic mass is 9.93. The summed E-state index contributed by atoms with van der Waals surface area (Å²) >= 11 is 3.34. The highest BCUT2D eigenvalue weighted by atomic mass is 79.9. The lowest BCUT2D eigenvalue weighted by Crippen LogP contribution is -2.43. The van der Waals surface area contributed by atoms with E-state index in [0.717, 1.165) is 10.0 Å². The number of nitrogens with two attached hydrogens (primary N) is 1. The molecule has 0 heterocycles. The topological polar surface area (TPSA) is 52.3 Å². The maximum absolute atomic E-state index is 11.6. The number of ether oxygens (including phenoxy) is 1. The molecule has 16 heavy (non-hydrogen) atoms. The van der Waals surface area contributed by atoms with Crippen molar-refractivity contribution in [3.8, 4) is 0 Å². The smallest absolute Gasteiger partial charge is 0.330 e. The predicted molar refractivity (Wildman–Crippen MR) is 69.6 cm³/mol. The first kappa shape index (κ1) is 15.4. The van der Waals surface area contributed by atoms with E-state index in [1.165, 1.54) is 0 Å². The van der Waals surface area contributed by atoms with Gasteiger partial charge in [0.05, 0.1) is 6.61 Å². The summed E-state index contributed by atoms with van der Waals surface area (Å²) in [6.45, 7) is 3.74. The standard InChI is InChI=1S/C11H14BrNO2.ClH/c1-3-15-10(14)11(2,13)8-5-4-6-9(12)7-8;/h4-7H,3,13H2,1-2H3;1H. The zero-order valence-electron chi connectivity index (χ0n) is 9.20. The van der Waals surface area contributed by atoms with Gasteiger partial charge in [0, 0.05) is 4.47 Å². The lowest BCUT2D eigenvalue weighted by molar-refractivity contribution is -0.149. The highest BCUT2D eigenvalue weighted by molar-refractivity contribution is 9.10. The highest BCUT2D eigenvalue weighted by Crippen LogP contribution is 2.22. The maximum atomic E-state index is 11.6. The van der Waals surface area contributed by atoms with Gasteiger partial charge in [-0.15, -0.1) is 12.4 Å². The largest absolute Gasteiger partial charge is 0.464 e. The Hall–Kier alpha value is -0.580. The molecule has 90 valence electrons. The zero-order chi connectivity index (χ0) is 11.5. The van der Waals surface area contributed by atoms with Gasteiger partial charge in [0.2, 0.25) is 0 Å². The highest BCUT2D eigenvalue weighted by Gasteiger charge is 2.32. The van der Waals surface area contributed by atoms with E-state index in [1.807, 2.05) is 24.3 Å². The third-order valence-corrected chi connectivity index (χ3v) is 2.62. The molecule has 1 unspecified atom stereocenters. The zero-order valence-corrected chi connectivity index (χ0v) is 11.6. The number of carbonyl (C=O) groups excluding carboxylic acids is 1. The molecule has 0 saturated carbocycles. The maximum Gasteiger partial charge on any atom is 0.330 e. The predicted octanol–water partition coefficient (Wildman–Crippen LogP) is 2.61. The number of benzene rings is 1. The summed E-state index contributed by atoms with van der Waals surface area (Å²) in [5.41, 5.74) is 5.58. The van der Waals surface area contributed by atoms with Gasteiger partial charge in [-0.1, -0.05) is 28.1 Å². The molecule has 0 bridgehead atoms.